The van der Waals surface area contributed by atoms with Crippen molar-refractivity contribution in [3.05, 3.63) is 0 Å². The second-order valence-electron chi connectivity index (χ2n) is 9.77. The number of hydrogen-bond donors (Lipinski definition) is 1. The predicted molar refractivity (Wildman–Crippen MR) is 92.9 cm³/mol. The molecule has 1 aliphatic carbocycles. The Balaban J connectivity index is 1.84. The fourth-order valence-corrected chi connectivity index (χ4v) is 4.08. The van der Waals surface area contributed by atoms with E-state index in [-0.39, 0.29) is 0 Å². The molecule has 4 rings (SSSR count). The number of carbonyl (C=O) groups is 2. The summed E-state index contributed by atoms with van der Waals surface area (Å²) in [5.74, 6) is -0.497. The molecular formula is C17H29BN2O5. The molecule has 2 bridgehead atoms. The van der Waals surface area contributed by atoms with Gasteiger partial charge in [0.2, 0.25) is 5.91 Å². The molecule has 0 atom stereocenters. The molecule has 0 unspecified atom stereocenters. The molecule has 2 amide bonds. The number of rotatable bonds is 2. The highest BCUT2D eigenvalue weighted by Crippen LogP contribution is 2.68. The lowest BCUT2D eigenvalue weighted by Gasteiger charge is -2.45. The summed E-state index contributed by atoms with van der Waals surface area (Å²) in [5, 5.41) is -0.420. The van der Waals surface area contributed by atoms with Crippen LogP contribution in [0.3, 0.4) is 0 Å². The molecule has 0 radical (unpaired) electrons. The highest BCUT2D eigenvalue weighted by molar-refractivity contribution is 6.51. The summed E-state index contributed by atoms with van der Waals surface area (Å²) in [6.45, 7) is 13.7. The molecule has 0 aromatic heterocycles. The summed E-state index contributed by atoms with van der Waals surface area (Å²) < 4.78 is 17.9. The van der Waals surface area contributed by atoms with E-state index in [2.05, 4.69) is 0 Å². The molecule has 3 saturated heterocycles. The quantitative estimate of drug-likeness (QED) is 0.769. The van der Waals surface area contributed by atoms with Crippen molar-refractivity contribution in [3.63, 3.8) is 0 Å². The number of fused-ring (bicyclic) bond motifs is 1. The van der Waals surface area contributed by atoms with E-state index in [1.54, 1.807) is 20.8 Å². The van der Waals surface area contributed by atoms with Gasteiger partial charge in [-0.25, -0.2) is 4.79 Å². The van der Waals surface area contributed by atoms with Crippen molar-refractivity contribution in [2.75, 3.05) is 6.54 Å². The molecule has 2 N–H and O–H groups in total. The lowest BCUT2D eigenvalue weighted by molar-refractivity contribution is -0.130. The molecule has 0 spiro atoms. The smallest absolute Gasteiger partial charge is 0.444 e. The third-order valence-corrected chi connectivity index (χ3v) is 6.10. The molecular weight excluding hydrogens is 323 g/mol. The molecule has 1 saturated carbocycles. The van der Waals surface area contributed by atoms with Crippen LogP contribution in [0.5, 0.6) is 0 Å². The molecule has 3 aliphatic heterocycles. The third kappa shape index (κ3) is 2.56. The molecule has 140 valence electrons. The van der Waals surface area contributed by atoms with Crippen LogP contribution in [0.25, 0.3) is 0 Å². The first-order chi connectivity index (χ1) is 11.1. The number of nitrogens with zero attached hydrogens (tertiary/aromatic N) is 1. The predicted octanol–water partition coefficient (Wildman–Crippen LogP) is 2.09. The van der Waals surface area contributed by atoms with Gasteiger partial charge in [0.25, 0.3) is 0 Å². The van der Waals surface area contributed by atoms with Gasteiger partial charge >= 0.3 is 13.2 Å². The third-order valence-electron chi connectivity index (χ3n) is 6.10. The molecule has 4 fully saturated rings. The molecule has 0 aromatic carbocycles. The second kappa shape index (κ2) is 4.91. The first-order valence-corrected chi connectivity index (χ1v) is 8.80. The molecule has 0 aromatic rings. The van der Waals surface area contributed by atoms with Crippen LogP contribution in [0.2, 0.25) is 5.31 Å². The minimum absolute atomic E-state index is 0.349. The van der Waals surface area contributed by atoms with Gasteiger partial charge in [0.05, 0.1) is 11.2 Å². The number of carbonyl (C=O) groups excluding carboxylic acids is 2. The van der Waals surface area contributed by atoms with Gasteiger partial charge in [-0.3, -0.25) is 9.69 Å². The van der Waals surface area contributed by atoms with Crippen LogP contribution < -0.4 is 5.73 Å². The summed E-state index contributed by atoms with van der Waals surface area (Å²) in [6.07, 6.45) is 0.388. The number of hydrogen-bond acceptors (Lipinski definition) is 5. The van der Waals surface area contributed by atoms with E-state index in [4.69, 9.17) is 19.8 Å². The Morgan fingerprint density at radius 1 is 1.08 bits per heavy atom. The van der Waals surface area contributed by atoms with Crippen LogP contribution in [0.1, 0.15) is 61.3 Å². The fourth-order valence-electron chi connectivity index (χ4n) is 4.08. The Bertz CT molecular complexity index is 603. The molecule has 3 heterocycles. The van der Waals surface area contributed by atoms with Gasteiger partial charge in [-0.15, -0.1) is 0 Å². The maximum Gasteiger partial charge on any atom is 0.466 e. The van der Waals surface area contributed by atoms with Crippen LogP contribution in [0, 0.1) is 0 Å². The Hall–Kier alpha value is -1.28. The van der Waals surface area contributed by atoms with E-state index < -0.39 is 46.8 Å². The number of nitrogens with two attached hydrogens (primary N) is 1. The van der Waals surface area contributed by atoms with Crippen molar-refractivity contribution in [2.45, 2.75) is 89.0 Å². The van der Waals surface area contributed by atoms with Gasteiger partial charge < -0.3 is 19.8 Å². The van der Waals surface area contributed by atoms with Crippen molar-refractivity contribution in [1.29, 1.82) is 0 Å². The van der Waals surface area contributed by atoms with Gasteiger partial charge in [-0.2, -0.15) is 0 Å². The highest BCUT2D eigenvalue weighted by atomic mass is 16.7. The average molecular weight is 352 g/mol. The number of primary amides is 1. The molecule has 4 aliphatic rings. The monoisotopic (exact) mass is 352 g/mol. The van der Waals surface area contributed by atoms with Crippen molar-refractivity contribution in [3.8, 4) is 0 Å². The summed E-state index contributed by atoms with van der Waals surface area (Å²) in [4.78, 5) is 26.3. The number of amides is 2. The zero-order valence-corrected chi connectivity index (χ0v) is 16.3. The topological polar surface area (TPSA) is 91.1 Å². The maximum absolute atomic E-state index is 12.6. The Morgan fingerprint density at radius 3 is 1.96 bits per heavy atom. The Kier molecular flexibility index (Phi) is 3.64. The van der Waals surface area contributed by atoms with E-state index in [0.29, 0.717) is 19.4 Å². The van der Waals surface area contributed by atoms with Crippen molar-refractivity contribution in [2.24, 2.45) is 5.73 Å². The van der Waals surface area contributed by atoms with Gasteiger partial charge in [0.1, 0.15) is 11.1 Å². The Morgan fingerprint density at radius 2 is 1.56 bits per heavy atom. The van der Waals surface area contributed by atoms with Crippen LogP contribution in [-0.2, 0) is 18.8 Å². The largest absolute Gasteiger partial charge is 0.466 e. The second-order valence-corrected chi connectivity index (χ2v) is 9.77. The van der Waals surface area contributed by atoms with Gasteiger partial charge in [-0.1, -0.05) is 0 Å². The molecule has 8 heteroatoms. The Labute approximate surface area is 149 Å². The summed E-state index contributed by atoms with van der Waals surface area (Å²) >= 11 is 0. The van der Waals surface area contributed by atoms with E-state index in [1.165, 1.54) is 4.90 Å². The van der Waals surface area contributed by atoms with Gasteiger partial charge in [0.15, 0.2) is 0 Å². The van der Waals surface area contributed by atoms with Crippen LogP contribution >= 0.6 is 0 Å². The zero-order chi connectivity index (χ0) is 19.1. The SMILES string of the molecule is CC(C)(C)OC(=O)N1CC2(B3OC(C)(C)C(C)(C)O3)CC1(C(N)=O)C2. The summed E-state index contributed by atoms with van der Waals surface area (Å²) in [6, 6.07) is 0. The number of ether oxygens (including phenoxy) is 1. The van der Waals surface area contributed by atoms with Gasteiger partial charge in [-0.05, 0) is 61.3 Å². The van der Waals surface area contributed by atoms with E-state index in [9.17, 15) is 9.59 Å². The molecule has 7 nitrogen and oxygen atoms in total. The lowest BCUT2D eigenvalue weighted by atomic mass is 9.44. The van der Waals surface area contributed by atoms with E-state index in [1.807, 2.05) is 27.7 Å². The van der Waals surface area contributed by atoms with Crippen LogP contribution in [0.4, 0.5) is 4.79 Å². The fraction of sp³-hybridized carbons (Fsp3) is 0.882. The van der Waals surface area contributed by atoms with Gasteiger partial charge in [0, 0.05) is 11.9 Å². The van der Waals surface area contributed by atoms with Crippen molar-refractivity contribution >= 4 is 19.1 Å². The van der Waals surface area contributed by atoms with Crippen molar-refractivity contribution < 1.29 is 23.6 Å². The van der Waals surface area contributed by atoms with E-state index >= 15 is 0 Å². The first-order valence-electron chi connectivity index (χ1n) is 8.80. The minimum atomic E-state index is -0.994. The lowest BCUT2D eigenvalue weighted by Crippen LogP contribution is -2.60. The minimum Gasteiger partial charge on any atom is -0.444 e. The summed E-state index contributed by atoms with van der Waals surface area (Å²) in [5.41, 5.74) is 3.10. The van der Waals surface area contributed by atoms with Crippen LogP contribution in [-0.4, -0.2) is 52.9 Å². The average Bonchev–Trinajstić information content (AvgIpc) is 2.92. The standard InChI is InChI=1S/C17H29BN2O5/c1-13(2,3)23-12(22)20-10-16(8-17(20,9-16)11(19)21)18-24-14(4,5)15(6,7)25-18/h8-10H2,1-7H3,(H2,19,21). The maximum atomic E-state index is 12.6. The van der Waals surface area contributed by atoms with Crippen LogP contribution in [0.15, 0.2) is 0 Å². The normalized spacial score (nSPS) is 35.5. The highest BCUT2D eigenvalue weighted by Gasteiger charge is 2.77. The van der Waals surface area contributed by atoms with E-state index in [0.717, 1.165) is 0 Å². The zero-order valence-electron chi connectivity index (χ0n) is 16.3. The van der Waals surface area contributed by atoms with Crippen molar-refractivity contribution in [1.82, 2.24) is 4.90 Å². The molecule has 25 heavy (non-hydrogen) atoms. The first kappa shape index (κ1) is 18.5. The summed E-state index contributed by atoms with van der Waals surface area (Å²) in [7, 11) is -0.475.